The summed E-state index contributed by atoms with van der Waals surface area (Å²) in [4.78, 5) is 12.4. The van der Waals surface area contributed by atoms with Crippen LogP contribution in [0.2, 0.25) is 0 Å². The van der Waals surface area contributed by atoms with E-state index in [-0.39, 0.29) is 17.2 Å². The second kappa shape index (κ2) is 6.35. The van der Waals surface area contributed by atoms with Crippen LogP contribution in [0.5, 0.6) is 0 Å². The van der Waals surface area contributed by atoms with E-state index in [2.05, 4.69) is 5.16 Å². The number of aromatic nitrogens is 1. The molecule has 0 fully saturated rings. The van der Waals surface area contributed by atoms with Crippen LogP contribution in [0.25, 0.3) is 10.6 Å². The average molecular weight is 390 g/mol. The van der Waals surface area contributed by atoms with Crippen LogP contribution in [0, 0.1) is 0 Å². The van der Waals surface area contributed by atoms with Crippen molar-refractivity contribution in [2.75, 3.05) is 0 Å². The van der Waals surface area contributed by atoms with Crippen LogP contribution in [0.15, 0.2) is 57.5 Å². The second-order valence-corrected chi connectivity index (χ2v) is 9.08. The van der Waals surface area contributed by atoms with Crippen LogP contribution in [0.4, 0.5) is 0 Å². The lowest BCUT2D eigenvalue weighted by atomic mass is 9.96. The van der Waals surface area contributed by atoms with Crippen molar-refractivity contribution < 1.29 is 22.8 Å². The largest absolute Gasteiger partial charge is 0.480 e. The number of rotatable bonds is 4. The highest BCUT2D eigenvalue weighted by atomic mass is 32.2. The van der Waals surface area contributed by atoms with Gasteiger partial charge < -0.3 is 9.63 Å². The number of fused-ring (bicyclic) bond motifs is 1. The van der Waals surface area contributed by atoms with Gasteiger partial charge in [-0.3, -0.25) is 4.79 Å². The van der Waals surface area contributed by atoms with E-state index in [1.54, 1.807) is 12.1 Å². The van der Waals surface area contributed by atoms with Crippen molar-refractivity contribution in [1.29, 1.82) is 0 Å². The van der Waals surface area contributed by atoms with E-state index in [4.69, 9.17) is 4.52 Å². The van der Waals surface area contributed by atoms with Gasteiger partial charge in [0.25, 0.3) is 10.0 Å². The standard InChI is InChI=1S/C17H14N2O5S2/c20-17(21)14-9-11-3-1-2-4-12(11)10-19(14)26(22,23)16-6-5-15(25-16)13-7-8-24-18-13/h1-8,14H,9-10H2,(H,20,21)/t14-/m1/s1. The van der Waals surface area contributed by atoms with Gasteiger partial charge in [-0.05, 0) is 23.3 Å². The van der Waals surface area contributed by atoms with Crippen LogP contribution in [0.3, 0.4) is 0 Å². The van der Waals surface area contributed by atoms with Gasteiger partial charge in [-0.2, -0.15) is 4.31 Å². The highest BCUT2D eigenvalue weighted by Crippen LogP contribution is 2.35. The Kier molecular flexibility index (Phi) is 4.14. The average Bonchev–Trinajstić information content (AvgIpc) is 3.31. The van der Waals surface area contributed by atoms with Gasteiger partial charge in [0, 0.05) is 19.0 Å². The summed E-state index contributed by atoms with van der Waals surface area (Å²) in [6.07, 6.45) is 1.55. The van der Waals surface area contributed by atoms with Gasteiger partial charge in [-0.1, -0.05) is 29.4 Å². The smallest absolute Gasteiger partial charge is 0.322 e. The first-order valence-corrected chi connectivity index (χ1v) is 10.0. The molecule has 1 N–H and O–H groups in total. The molecule has 0 radical (unpaired) electrons. The zero-order valence-corrected chi connectivity index (χ0v) is 15.0. The number of benzene rings is 1. The Labute approximate surface area is 153 Å². The van der Waals surface area contributed by atoms with Gasteiger partial charge in [0.1, 0.15) is 22.2 Å². The molecule has 2 aromatic heterocycles. The minimum atomic E-state index is -3.96. The van der Waals surface area contributed by atoms with Crippen LogP contribution in [0.1, 0.15) is 11.1 Å². The molecular weight excluding hydrogens is 376 g/mol. The molecule has 0 spiro atoms. The maximum absolute atomic E-state index is 13.1. The van der Waals surface area contributed by atoms with E-state index in [1.807, 2.05) is 24.3 Å². The molecule has 0 amide bonds. The summed E-state index contributed by atoms with van der Waals surface area (Å²) >= 11 is 1.04. The highest BCUT2D eigenvalue weighted by molar-refractivity contribution is 7.91. The summed E-state index contributed by atoms with van der Waals surface area (Å²) in [6, 6.07) is 10.9. The van der Waals surface area contributed by atoms with Crippen molar-refractivity contribution in [1.82, 2.24) is 9.46 Å². The SMILES string of the molecule is O=C(O)[C@H]1Cc2ccccc2CN1S(=O)(=O)c1ccc(-c2ccon2)s1. The molecule has 9 heteroatoms. The third-order valence-electron chi connectivity index (χ3n) is 4.33. The van der Waals surface area contributed by atoms with E-state index < -0.39 is 22.0 Å². The third-order valence-corrected chi connectivity index (χ3v) is 7.75. The maximum Gasteiger partial charge on any atom is 0.322 e. The van der Waals surface area contributed by atoms with Crippen LogP contribution >= 0.6 is 11.3 Å². The lowest BCUT2D eigenvalue weighted by molar-refractivity contribution is -0.141. The van der Waals surface area contributed by atoms with Gasteiger partial charge in [0.05, 0.1) is 4.88 Å². The molecule has 0 unspecified atom stereocenters. The molecule has 1 aromatic carbocycles. The molecule has 7 nitrogen and oxygen atoms in total. The van der Waals surface area contributed by atoms with E-state index in [0.29, 0.717) is 10.6 Å². The highest BCUT2D eigenvalue weighted by Gasteiger charge is 2.40. The number of hydrogen-bond acceptors (Lipinski definition) is 6. The van der Waals surface area contributed by atoms with Gasteiger partial charge in [0.2, 0.25) is 0 Å². The van der Waals surface area contributed by atoms with Gasteiger partial charge in [-0.25, -0.2) is 8.42 Å². The lowest BCUT2D eigenvalue weighted by Gasteiger charge is -2.33. The minimum absolute atomic E-state index is 0.0344. The molecule has 0 saturated heterocycles. The molecule has 0 aliphatic carbocycles. The fraction of sp³-hybridized carbons (Fsp3) is 0.176. The van der Waals surface area contributed by atoms with Crippen LogP contribution in [-0.2, 0) is 27.8 Å². The number of carboxylic acids is 1. The molecule has 1 aliphatic heterocycles. The number of carbonyl (C=O) groups is 1. The fourth-order valence-electron chi connectivity index (χ4n) is 3.01. The topological polar surface area (TPSA) is 101 Å². The van der Waals surface area contributed by atoms with E-state index in [1.165, 1.54) is 12.3 Å². The normalized spacial score (nSPS) is 17.8. The number of aliphatic carboxylic acids is 1. The monoisotopic (exact) mass is 390 g/mol. The van der Waals surface area contributed by atoms with Crippen molar-refractivity contribution in [3.05, 3.63) is 59.9 Å². The Bertz CT molecular complexity index is 1060. The Hall–Kier alpha value is -2.49. The van der Waals surface area contributed by atoms with Crippen molar-refractivity contribution in [2.45, 2.75) is 23.2 Å². The second-order valence-electron chi connectivity index (χ2n) is 5.88. The molecule has 134 valence electrons. The quantitative estimate of drug-likeness (QED) is 0.735. The Morgan fingerprint density at radius 3 is 2.65 bits per heavy atom. The third kappa shape index (κ3) is 2.83. The molecule has 4 rings (SSSR count). The molecular formula is C17H14N2O5S2. The first kappa shape index (κ1) is 17.0. The van der Waals surface area contributed by atoms with E-state index in [9.17, 15) is 18.3 Å². The molecule has 26 heavy (non-hydrogen) atoms. The van der Waals surface area contributed by atoms with Crippen molar-refractivity contribution >= 4 is 27.3 Å². The molecule has 3 aromatic rings. The molecule has 0 bridgehead atoms. The Balaban J connectivity index is 1.73. The summed E-state index contributed by atoms with van der Waals surface area (Å²) in [6.45, 7) is 0.0344. The van der Waals surface area contributed by atoms with Crippen LogP contribution < -0.4 is 0 Å². The summed E-state index contributed by atoms with van der Waals surface area (Å²) in [5, 5.41) is 13.4. The van der Waals surface area contributed by atoms with E-state index >= 15 is 0 Å². The zero-order chi connectivity index (χ0) is 18.3. The van der Waals surface area contributed by atoms with Crippen molar-refractivity contribution in [3.63, 3.8) is 0 Å². The molecule has 3 heterocycles. The number of nitrogens with zero attached hydrogens (tertiary/aromatic N) is 2. The van der Waals surface area contributed by atoms with Crippen molar-refractivity contribution in [3.8, 4) is 10.6 Å². The van der Waals surface area contributed by atoms with Gasteiger partial charge in [0.15, 0.2) is 0 Å². The zero-order valence-electron chi connectivity index (χ0n) is 13.4. The fourth-order valence-corrected chi connectivity index (χ4v) is 5.97. The van der Waals surface area contributed by atoms with E-state index in [0.717, 1.165) is 26.8 Å². The summed E-state index contributed by atoms with van der Waals surface area (Å²) < 4.78 is 32.2. The first-order chi connectivity index (χ1) is 12.5. The Morgan fingerprint density at radius 2 is 1.96 bits per heavy atom. The maximum atomic E-state index is 13.1. The summed E-state index contributed by atoms with van der Waals surface area (Å²) in [5.41, 5.74) is 2.22. The number of sulfonamides is 1. The molecule has 0 saturated carbocycles. The van der Waals surface area contributed by atoms with Crippen molar-refractivity contribution in [2.24, 2.45) is 0 Å². The molecule has 1 aliphatic rings. The Morgan fingerprint density at radius 1 is 1.19 bits per heavy atom. The summed E-state index contributed by atoms with van der Waals surface area (Å²) in [5.74, 6) is -1.16. The lowest BCUT2D eigenvalue weighted by Crippen LogP contribution is -2.48. The number of hydrogen-bond donors (Lipinski definition) is 1. The predicted octanol–water partition coefficient (Wildman–Crippen LogP) is 2.60. The summed E-state index contributed by atoms with van der Waals surface area (Å²) in [7, 11) is -3.96. The van der Waals surface area contributed by atoms with Gasteiger partial charge >= 0.3 is 5.97 Å². The van der Waals surface area contributed by atoms with Gasteiger partial charge in [-0.15, -0.1) is 11.3 Å². The first-order valence-electron chi connectivity index (χ1n) is 7.79. The molecule has 1 atom stereocenters. The number of thiophene rings is 1. The van der Waals surface area contributed by atoms with Crippen LogP contribution in [-0.4, -0.2) is 35.0 Å². The minimum Gasteiger partial charge on any atom is -0.480 e. The number of carboxylic acid groups (broad SMARTS) is 1. The predicted molar refractivity (Wildman–Crippen MR) is 94.1 cm³/mol.